The molecule has 0 heterocycles. The van der Waals surface area contributed by atoms with E-state index in [2.05, 4.69) is 11.8 Å². The summed E-state index contributed by atoms with van der Waals surface area (Å²) in [6, 6.07) is 7.64. The summed E-state index contributed by atoms with van der Waals surface area (Å²) in [7, 11) is 0. The molecular weight excluding hydrogens is 218 g/mol. The van der Waals surface area contributed by atoms with Crippen LogP contribution in [0.25, 0.3) is 0 Å². The maximum Gasteiger partial charge on any atom is 0.0713 e. The fraction of sp³-hybridized carbons (Fsp3) is 0.231. The van der Waals surface area contributed by atoms with Crippen LogP contribution >= 0.6 is 11.9 Å². The molecule has 0 aromatic heterocycles. The molecule has 0 aliphatic rings. The zero-order valence-corrected chi connectivity index (χ0v) is 9.70. The first-order chi connectivity index (χ1) is 7.80. The molecule has 0 radical (unpaired) electrons. The highest BCUT2D eigenvalue weighted by Gasteiger charge is 2.03. The molecule has 0 bridgehead atoms. The van der Waals surface area contributed by atoms with Crippen molar-refractivity contribution in [2.24, 2.45) is 0 Å². The van der Waals surface area contributed by atoms with Crippen molar-refractivity contribution in [3.63, 3.8) is 0 Å². The van der Waals surface area contributed by atoms with E-state index in [1.807, 2.05) is 28.6 Å². The van der Waals surface area contributed by atoms with Crippen LogP contribution in [0.15, 0.2) is 29.2 Å². The van der Waals surface area contributed by atoms with E-state index in [0.717, 1.165) is 10.5 Å². The topological polar surface area (TPSA) is 23.5 Å². The molecule has 0 spiro atoms. The van der Waals surface area contributed by atoms with Gasteiger partial charge in [-0.05, 0) is 29.6 Å². The monoisotopic (exact) mass is 231 g/mol. The molecule has 0 saturated carbocycles. The van der Waals surface area contributed by atoms with Crippen LogP contribution in [-0.4, -0.2) is 22.5 Å². The lowest BCUT2D eigenvalue weighted by atomic mass is 10.2. The van der Waals surface area contributed by atoms with Crippen molar-refractivity contribution < 1.29 is 5.11 Å². The molecule has 1 aromatic carbocycles. The van der Waals surface area contributed by atoms with Crippen molar-refractivity contribution in [3.8, 4) is 24.7 Å². The number of hydrogen-bond acceptors (Lipinski definition) is 3. The van der Waals surface area contributed by atoms with Crippen LogP contribution in [0.4, 0.5) is 0 Å². The SMILES string of the molecule is C#CCN(CC#C)Sc1ccc(CO)cc1. The van der Waals surface area contributed by atoms with Crippen LogP contribution in [-0.2, 0) is 6.61 Å². The quantitative estimate of drug-likeness (QED) is 0.617. The Hall–Kier alpha value is -1.39. The van der Waals surface area contributed by atoms with Crippen molar-refractivity contribution in [1.29, 1.82) is 0 Å². The lowest BCUT2D eigenvalue weighted by molar-refractivity contribution is 0.282. The van der Waals surface area contributed by atoms with Gasteiger partial charge in [-0.15, -0.1) is 12.8 Å². The van der Waals surface area contributed by atoms with Gasteiger partial charge < -0.3 is 5.11 Å². The number of benzene rings is 1. The van der Waals surface area contributed by atoms with Gasteiger partial charge in [-0.2, -0.15) is 0 Å². The van der Waals surface area contributed by atoms with E-state index in [1.54, 1.807) is 0 Å². The van der Waals surface area contributed by atoms with Gasteiger partial charge in [0.1, 0.15) is 0 Å². The minimum atomic E-state index is 0.0589. The van der Waals surface area contributed by atoms with Gasteiger partial charge in [0.2, 0.25) is 0 Å². The first-order valence-corrected chi connectivity index (χ1v) is 5.57. The number of aliphatic hydroxyl groups is 1. The largest absolute Gasteiger partial charge is 0.392 e. The zero-order valence-electron chi connectivity index (χ0n) is 8.89. The number of nitrogens with zero attached hydrogens (tertiary/aromatic N) is 1. The molecule has 0 aliphatic heterocycles. The fourth-order valence-corrected chi connectivity index (χ4v) is 1.96. The average Bonchev–Trinajstić information content (AvgIpc) is 2.31. The molecule has 0 unspecified atom stereocenters. The lowest BCUT2D eigenvalue weighted by Crippen LogP contribution is -2.15. The molecule has 1 N–H and O–H groups in total. The summed E-state index contributed by atoms with van der Waals surface area (Å²) in [5.74, 6) is 5.13. The van der Waals surface area contributed by atoms with E-state index in [1.165, 1.54) is 11.9 Å². The van der Waals surface area contributed by atoms with Crippen LogP contribution in [0.1, 0.15) is 5.56 Å². The molecule has 82 valence electrons. The van der Waals surface area contributed by atoms with E-state index in [0.29, 0.717) is 13.1 Å². The highest BCUT2D eigenvalue weighted by Crippen LogP contribution is 2.22. The van der Waals surface area contributed by atoms with Crippen LogP contribution in [0, 0.1) is 24.7 Å². The van der Waals surface area contributed by atoms with Gasteiger partial charge in [-0.25, -0.2) is 4.31 Å². The Morgan fingerprint density at radius 1 is 1.12 bits per heavy atom. The second kappa shape index (κ2) is 6.98. The third-order valence-electron chi connectivity index (χ3n) is 1.88. The van der Waals surface area contributed by atoms with Gasteiger partial charge in [0, 0.05) is 4.90 Å². The first kappa shape index (κ1) is 12.7. The van der Waals surface area contributed by atoms with Crippen molar-refractivity contribution in [2.75, 3.05) is 13.1 Å². The summed E-state index contributed by atoms with van der Waals surface area (Å²) in [6.45, 7) is 1.08. The predicted molar refractivity (Wildman–Crippen MR) is 67.5 cm³/mol. The third-order valence-corrected chi connectivity index (χ3v) is 2.88. The van der Waals surface area contributed by atoms with E-state index in [4.69, 9.17) is 18.0 Å². The lowest BCUT2D eigenvalue weighted by Gasteiger charge is -2.15. The summed E-state index contributed by atoms with van der Waals surface area (Å²) in [5, 5.41) is 8.91. The summed E-state index contributed by atoms with van der Waals surface area (Å²) in [5.41, 5.74) is 0.893. The summed E-state index contributed by atoms with van der Waals surface area (Å²) in [4.78, 5) is 1.06. The van der Waals surface area contributed by atoms with Crippen LogP contribution in [0.3, 0.4) is 0 Å². The maximum atomic E-state index is 8.91. The van der Waals surface area contributed by atoms with Gasteiger partial charge in [0.15, 0.2) is 0 Å². The van der Waals surface area contributed by atoms with Crippen LogP contribution in [0.5, 0.6) is 0 Å². The average molecular weight is 231 g/mol. The molecule has 0 atom stereocenters. The van der Waals surface area contributed by atoms with Gasteiger partial charge in [0.05, 0.1) is 19.7 Å². The maximum absolute atomic E-state index is 8.91. The number of terminal acetylenes is 2. The molecule has 16 heavy (non-hydrogen) atoms. The fourth-order valence-electron chi connectivity index (χ4n) is 1.13. The highest BCUT2D eigenvalue weighted by molar-refractivity contribution is 7.97. The molecule has 0 fully saturated rings. The standard InChI is InChI=1S/C13H13NOS/c1-3-9-14(10-4-2)16-13-7-5-12(11-15)6-8-13/h1-2,5-8,15H,9-11H2. The molecule has 2 nitrogen and oxygen atoms in total. The molecule has 0 amide bonds. The molecule has 3 heteroatoms. The Kier molecular flexibility index (Phi) is 5.53. The van der Waals surface area contributed by atoms with Crippen molar-refractivity contribution in [2.45, 2.75) is 11.5 Å². The highest BCUT2D eigenvalue weighted by atomic mass is 32.2. The minimum Gasteiger partial charge on any atom is -0.392 e. The smallest absolute Gasteiger partial charge is 0.0713 e. The Morgan fingerprint density at radius 3 is 2.12 bits per heavy atom. The van der Waals surface area contributed by atoms with Crippen molar-refractivity contribution >= 4 is 11.9 Å². The Morgan fingerprint density at radius 2 is 1.69 bits per heavy atom. The zero-order chi connectivity index (χ0) is 11.8. The van der Waals surface area contributed by atoms with Crippen molar-refractivity contribution in [3.05, 3.63) is 29.8 Å². The van der Waals surface area contributed by atoms with Crippen LogP contribution < -0.4 is 0 Å². The summed E-state index contributed by atoms with van der Waals surface area (Å²) < 4.78 is 1.92. The Balaban J connectivity index is 2.63. The molecule has 1 aromatic rings. The van der Waals surface area contributed by atoms with Gasteiger partial charge in [-0.1, -0.05) is 24.0 Å². The second-order valence-corrected chi connectivity index (χ2v) is 4.27. The Labute approximate surface area is 101 Å². The minimum absolute atomic E-state index is 0.0589. The van der Waals surface area contributed by atoms with Crippen molar-refractivity contribution in [1.82, 2.24) is 4.31 Å². The first-order valence-electron chi connectivity index (χ1n) is 4.79. The van der Waals surface area contributed by atoms with E-state index < -0.39 is 0 Å². The second-order valence-electron chi connectivity index (χ2n) is 3.10. The summed E-state index contributed by atoms with van der Waals surface area (Å²) >= 11 is 1.52. The predicted octanol–water partition coefficient (Wildman–Crippen LogP) is 1.75. The molecular formula is C13H13NOS. The van der Waals surface area contributed by atoms with Crippen LogP contribution in [0.2, 0.25) is 0 Å². The number of aliphatic hydroxyl groups excluding tert-OH is 1. The van der Waals surface area contributed by atoms with E-state index >= 15 is 0 Å². The third kappa shape index (κ3) is 4.00. The molecule has 1 rings (SSSR count). The number of rotatable bonds is 5. The van der Waals surface area contributed by atoms with Gasteiger partial charge >= 0.3 is 0 Å². The van der Waals surface area contributed by atoms with E-state index in [9.17, 15) is 0 Å². The Bertz CT molecular complexity index is 383. The van der Waals surface area contributed by atoms with E-state index in [-0.39, 0.29) is 6.61 Å². The van der Waals surface area contributed by atoms with Gasteiger partial charge in [-0.3, -0.25) is 0 Å². The normalized spacial score (nSPS) is 9.75. The summed E-state index contributed by atoms with van der Waals surface area (Å²) in [6.07, 6.45) is 10.5. The number of hydrogen-bond donors (Lipinski definition) is 1. The molecule has 0 saturated heterocycles. The molecule has 0 aliphatic carbocycles. The van der Waals surface area contributed by atoms with Gasteiger partial charge in [0.25, 0.3) is 0 Å².